The normalized spacial score (nSPS) is 23.6. The molecule has 0 saturated carbocycles. The van der Waals surface area contributed by atoms with Crippen LogP contribution in [0.5, 0.6) is 0 Å². The van der Waals surface area contributed by atoms with E-state index in [1.807, 2.05) is 6.92 Å². The van der Waals surface area contributed by atoms with Crippen molar-refractivity contribution in [1.29, 1.82) is 0 Å². The maximum absolute atomic E-state index is 10.8. The smallest absolute Gasteiger partial charge is 0.307 e. The number of piperidine rings is 1. The van der Waals surface area contributed by atoms with Crippen LogP contribution >= 0.6 is 0 Å². The van der Waals surface area contributed by atoms with E-state index in [9.17, 15) is 4.79 Å². The first-order chi connectivity index (χ1) is 6.74. The van der Waals surface area contributed by atoms with Gasteiger partial charge in [-0.2, -0.15) is 0 Å². The first-order valence-corrected chi connectivity index (χ1v) is 5.27. The number of nitrogens with zero attached hydrogens (tertiary/aromatic N) is 1. The number of carboxylic acid groups (broad SMARTS) is 1. The Morgan fingerprint density at radius 1 is 1.64 bits per heavy atom. The lowest BCUT2D eigenvalue weighted by Crippen LogP contribution is -2.40. The highest BCUT2D eigenvalue weighted by Crippen LogP contribution is 2.15. The Balaban J connectivity index is 2.22. The summed E-state index contributed by atoms with van der Waals surface area (Å²) in [7, 11) is 0. The van der Waals surface area contributed by atoms with Gasteiger partial charge in [0.15, 0.2) is 0 Å². The molecule has 0 aromatic carbocycles. The SMILES string of the molecule is CCOCCN1CCCC(C(=O)O)C1. The third kappa shape index (κ3) is 3.64. The second-order valence-electron chi connectivity index (χ2n) is 3.67. The number of hydrogen-bond donors (Lipinski definition) is 1. The van der Waals surface area contributed by atoms with Crippen LogP contribution in [0.25, 0.3) is 0 Å². The summed E-state index contributed by atoms with van der Waals surface area (Å²) >= 11 is 0. The van der Waals surface area contributed by atoms with E-state index in [4.69, 9.17) is 9.84 Å². The molecule has 82 valence electrons. The van der Waals surface area contributed by atoms with Crippen LogP contribution in [-0.4, -0.2) is 48.8 Å². The summed E-state index contributed by atoms with van der Waals surface area (Å²) in [4.78, 5) is 13.0. The van der Waals surface area contributed by atoms with Crippen molar-refractivity contribution >= 4 is 5.97 Å². The molecule has 0 spiro atoms. The average molecular weight is 201 g/mol. The summed E-state index contributed by atoms with van der Waals surface area (Å²) in [5.41, 5.74) is 0. The standard InChI is InChI=1S/C10H19NO3/c1-2-14-7-6-11-5-3-4-9(8-11)10(12)13/h9H,2-8H2,1H3,(H,12,13). The Morgan fingerprint density at radius 3 is 3.07 bits per heavy atom. The third-order valence-corrected chi connectivity index (χ3v) is 2.61. The van der Waals surface area contributed by atoms with Gasteiger partial charge in [-0.1, -0.05) is 0 Å². The van der Waals surface area contributed by atoms with Gasteiger partial charge in [0, 0.05) is 19.7 Å². The predicted octanol–water partition coefficient (Wildman–Crippen LogP) is 0.820. The Kier molecular flexibility index (Phi) is 4.90. The highest BCUT2D eigenvalue weighted by atomic mass is 16.5. The number of hydrogen-bond acceptors (Lipinski definition) is 3. The van der Waals surface area contributed by atoms with Crippen molar-refractivity contribution in [3.05, 3.63) is 0 Å². The molecule has 4 nitrogen and oxygen atoms in total. The zero-order chi connectivity index (χ0) is 10.4. The van der Waals surface area contributed by atoms with Crippen LogP contribution in [0.2, 0.25) is 0 Å². The van der Waals surface area contributed by atoms with Gasteiger partial charge in [0.2, 0.25) is 0 Å². The molecule has 1 aliphatic rings. The van der Waals surface area contributed by atoms with Crippen molar-refractivity contribution in [2.24, 2.45) is 5.92 Å². The van der Waals surface area contributed by atoms with E-state index in [0.29, 0.717) is 13.2 Å². The van der Waals surface area contributed by atoms with Crippen LogP contribution in [0.1, 0.15) is 19.8 Å². The van der Waals surface area contributed by atoms with E-state index in [2.05, 4.69) is 4.90 Å². The van der Waals surface area contributed by atoms with Gasteiger partial charge in [-0.15, -0.1) is 0 Å². The molecule has 0 bridgehead atoms. The molecule has 1 aliphatic heterocycles. The summed E-state index contributed by atoms with van der Waals surface area (Å²) in [5, 5.41) is 8.87. The predicted molar refractivity (Wildman–Crippen MR) is 53.3 cm³/mol. The molecule has 0 radical (unpaired) electrons. The molecule has 1 N–H and O–H groups in total. The van der Waals surface area contributed by atoms with Crippen molar-refractivity contribution in [3.63, 3.8) is 0 Å². The lowest BCUT2D eigenvalue weighted by molar-refractivity contribution is -0.143. The van der Waals surface area contributed by atoms with Crippen LogP contribution in [0, 0.1) is 5.92 Å². The Labute approximate surface area is 84.8 Å². The summed E-state index contributed by atoms with van der Waals surface area (Å²) in [5.74, 6) is -0.837. The molecule has 14 heavy (non-hydrogen) atoms. The molecule has 0 amide bonds. The molecule has 1 saturated heterocycles. The molecule has 4 heteroatoms. The number of carbonyl (C=O) groups is 1. The second kappa shape index (κ2) is 5.98. The number of rotatable bonds is 5. The quantitative estimate of drug-likeness (QED) is 0.669. The molecular formula is C10H19NO3. The molecule has 1 atom stereocenters. The fourth-order valence-corrected chi connectivity index (χ4v) is 1.80. The van der Waals surface area contributed by atoms with Gasteiger partial charge in [-0.3, -0.25) is 4.79 Å². The Bertz CT molecular complexity index is 184. The van der Waals surface area contributed by atoms with Crippen molar-refractivity contribution in [1.82, 2.24) is 4.90 Å². The first kappa shape index (κ1) is 11.5. The zero-order valence-corrected chi connectivity index (χ0v) is 8.74. The minimum absolute atomic E-state index is 0.176. The van der Waals surface area contributed by atoms with Crippen molar-refractivity contribution in [3.8, 4) is 0 Å². The zero-order valence-electron chi connectivity index (χ0n) is 8.74. The van der Waals surface area contributed by atoms with E-state index in [1.165, 1.54) is 0 Å². The van der Waals surface area contributed by atoms with Gasteiger partial charge >= 0.3 is 5.97 Å². The highest BCUT2D eigenvalue weighted by molar-refractivity contribution is 5.70. The molecule has 0 aromatic rings. The number of likely N-dealkylation sites (tertiary alicyclic amines) is 1. The van der Waals surface area contributed by atoms with Crippen LogP contribution in [0.15, 0.2) is 0 Å². The minimum Gasteiger partial charge on any atom is -0.481 e. The lowest BCUT2D eigenvalue weighted by Gasteiger charge is -2.30. The van der Waals surface area contributed by atoms with Gasteiger partial charge in [0.05, 0.1) is 12.5 Å². The molecule has 0 aromatic heterocycles. The van der Waals surface area contributed by atoms with Crippen molar-refractivity contribution in [2.45, 2.75) is 19.8 Å². The molecule has 1 rings (SSSR count). The fourth-order valence-electron chi connectivity index (χ4n) is 1.80. The lowest BCUT2D eigenvalue weighted by atomic mass is 9.98. The van der Waals surface area contributed by atoms with Gasteiger partial charge in [-0.05, 0) is 26.3 Å². The second-order valence-corrected chi connectivity index (χ2v) is 3.67. The number of carboxylic acids is 1. The summed E-state index contributed by atoms with van der Waals surface area (Å²) < 4.78 is 5.24. The van der Waals surface area contributed by atoms with Crippen LogP contribution < -0.4 is 0 Å². The fraction of sp³-hybridized carbons (Fsp3) is 0.900. The van der Waals surface area contributed by atoms with E-state index in [-0.39, 0.29) is 5.92 Å². The first-order valence-electron chi connectivity index (χ1n) is 5.27. The molecule has 1 unspecified atom stereocenters. The van der Waals surface area contributed by atoms with Gasteiger partial charge < -0.3 is 14.7 Å². The van der Waals surface area contributed by atoms with Gasteiger partial charge in [0.1, 0.15) is 0 Å². The van der Waals surface area contributed by atoms with Gasteiger partial charge in [-0.25, -0.2) is 0 Å². The summed E-state index contributed by atoms with van der Waals surface area (Å²) in [6.07, 6.45) is 1.81. The average Bonchev–Trinajstić information content (AvgIpc) is 2.19. The molecule has 1 heterocycles. The topological polar surface area (TPSA) is 49.8 Å². The Morgan fingerprint density at radius 2 is 2.43 bits per heavy atom. The molecule has 0 aliphatic carbocycles. The number of ether oxygens (including phenoxy) is 1. The van der Waals surface area contributed by atoms with E-state index >= 15 is 0 Å². The summed E-state index contributed by atoms with van der Waals surface area (Å²) in [6, 6.07) is 0. The maximum atomic E-state index is 10.8. The van der Waals surface area contributed by atoms with Crippen LogP contribution in [0.3, 0.4) is 0 Å². The maximum Gasteiger partial charge on any atom is 0.307 e. The number of aliphatic carboxylic acids is 1. The van der Waals surface area contributed by atoms with Crippen LogP contribution in [0.4, 0.5) is 0 Å². The van der Waals surface area contributed by atoms with E-state index < -0.39 is 5.97 Å². The molecule has 1 fully saturated rings. The van der Waals surface area contributed by atoms with Crippen LogP contribution in [-0.2, 0) is 9.53 Å². The third-order valence-electron chi connectivity index (χ3n) is 2.61. The Hall–Kier alpha value is -0.610. The summed E-state index contributed by atoms with van der Waals surface area (Å²) in [6.45, 7) is 5.96. The molecular weight excluding hydrogens is 182 g/mol. The largest absolute Gasteiger partial charge is 0.481 e. The van der Waals surface area contributed by atoms with E-state index in [0.717, 1.165) is 32.5 Å². The van der Waals surface area contributed by atoms with E-state index in [1.54, 1.807) is 0 Å². The highest BCUT2D eigenvalue weighted by Gasteiger charge is 2.24. The van der Waals surface area contributed by atoms with Crippen molar-refractivity contribution in [2.75, 3.05) is 32.8 Å². The van der Waals surface area contributed by atoms with Crippen molar-refractivity contribution < 1.29 is 14.6 Å². The monoisotopic (exact) mass is 201 g/mol. The minimum atomic E-state index is -0.661. The van der Waals surface area contributed by atoms with Gasteiger partial charge in [0.25, 0.3) is 0 Å².